The van der Waals surface area contributed by atoms with Crippen LogP contribution in [0.3, 0.4) is 0 Å². The van der Waals surface area contributed by atoms with Gasteiger partial charge in [-0.05, 0) is 33.1 Å². The van der Waals surface area contributed by atoms with Gasteiger partial charge in [0.1, 0.15) is 0 Å². The van der Waals surface area contributed by atoms with Gasteiger partial charge in [0.15, 0.2) is 0 Å². The second-order valence-corrected chi connectivity index (χ2v) is 3.96. The topological polar surface area (TPSA) is 29.5 Å². The molecule has 0 aromatic carbocycles. The largest absolute Gasteiger partial charge is 0.391 e. The molecule has 0 spiro atoms. The first-order chi connectivity index (χ1) is 6.66. The van der Waals surface area contributed by atoms with E-state index in [1.165, 1.54) is 12.8 Å². The highest BCUT2D eigenvalue weighted by Gasteiger charge is 2.04. The van der Waals surface area contributed by atoms with Crippen molar-refractivity contribution in [2.75, 3.05) is 6.61 Å². The summed E-state index contributed by atoms with van der Waals surface area (Å²) in [4.78, 5) is 0. The molecule has 0 rings (SSSR count). The highest BCUT2D eigenvalue weighted by atomic mass is 16.5. The molecule has 0 aliphatic rings. The van der Waals surface area contributed by atoms with E-state index in [1.54, 1.807) is 0 Å². The van der Waals surface area contributed by atoms with Crippen molar-refractivity contribution in [2.45, 2.75) is 58.2 Å². The van der Waals surface area contributed by atoms with Gasteiger partial charge in [0.25, 0.3) is 0 Å². The van der Waals surface area contributed by atoms with Crippen LogP contribution in [0.25, 0.3) is 0 Å². The van der Waals surface area contributed by atoms with Gasteiger partial charge in [-0.1, -0.05) is 18.9 Å². The van der Waals surface area contributed by atoms with E-state index in [-0.39, 0.29) is 12.2 Å². The van der Waals surface area contributed by atoms with E-state index in [0.29, 0.717) is 6.61 Å². The molecule has 0 saturated heterocycles. The molecule has 0 heterocycles. The van der Waals surface area contributed by atoms with E-state index in [0.717, 1.165) is 19.3 Å². The predicted octanol–water partition coefficient (Wildman–Crippen LogP) is 2.91. The first kappa shape index (κ1) is 13.7. The minimum Gasteiger partial charge on any atom is -0.391 e. The zero-order valence-electron chi connectivity index (χ0n) is 9.54. The molecule has 0 saturated carbocycles. The van der Waals surface area contributed by atoms with Gasteiger partial charge in [-0.25, -0.2) is 0 Å². The van der Waals surface area contributed by atoms with Crippen molar-refractivity contribution >= 4 is 0 Å². The highest BCUT2D eigenvalue weighted by Crippen LogP contribution is 2.06. The maximum atomic E-state index is 9.51. The Balaban J connectivity index is 3.17. The van der Waals surface area contributed by atoms with Crippen LogP contribution in [0.4, 0.5) is 0 Å². The van der Waals surface area contributed by atoms with Crippen LogP contribution in [0, 0.1) is 0 Å². The monoisotopic (exact) mass is 200 g/mol. The second kappa shape index (κ2) is 9.22. The number of unbranched alkanes of at least 4 members (excludes halogenated alkanes) is 3. The van der Waals surface area contributed by atoms with Crippen molar-refractivity contribution in [3.05, 3.63) is 12.7 Å². The Kier molecular flexibility index (Phi) is 9.00. The minimum absolute atomic E-state index is 0.213. The Morgan fingerprint density at radius 3 is 2.57 bits per heavy atom. The summed E-state index contributed by atoms with van der Waals surface area (Å²) in [5.74, 6) is 0. The number of hydrogen-bond acceptors (Lipinski definition) is 2. The van der Waals surface area contributed by atoms with Gasteiger partial charge in [0, 0.05) is 0 Å². The lowest BCUT2D eigenvalue weighted by Crippen LogP contribution is -2.18. The van der Waals surface area contributed by atoms with Crippen molar-refractivity contribution in [1.82, 2.24) is 0 Å². The fourth-order valence-corrected chi connectivity index (χ4v) is 1.23. The Morgan fingerprint density at radius 2 is 2.00 bits per heavy atom. The van der Waals surface area contributed by atoms with Crippen molar-refractivity contribution in [2.24, 2.45) is 0 Å². The van der Waals surface area contributed by atoms with Gasteiger partial charge in [0.05, 0.1) is 18.8 Å². The molecule has 0 fully saturated rings. The van der Waals surface area contributed by atoms with Gasteiger partial charge < -0.3 is 9.84 Å². The standard InChI is InChI=1S/C12H24O2/c1-4-5-6-7-8-9-12(13)10-14-11(2)3/h4,11-13H,1,5-10H2,2-3H3. The Labute approximate surface area is 88.0 Å². The third-order valence-electron chi connectivity index (χ3n) is 2.07. The normalized spacial score (nSPS) is 13.1. The SMILES string of the molecule is C=CCCCCCC(O)COC(C)C. The van der Waals surface area contributed by atoms with Crippen LogP contribution in [0.2, 0.25) is 0 Å². The molecule has 0 aliphatic heterocycles. The quantitative estimate of drug-likeness (QED) is 0.458. The Bertz CT molecular complexity index is 132. The molecule has 1 atom stereocenters. The molecule has 2 heteroatoms. The first-order valence-corrected chi connectivity index (χ1v) is 5.57. The molecule has 0 aromatic heterocycles. The van der Waals surface area contributed by atoms with Crippen LogP contribution < -0.4 is 0 Å². The fraction of sp³-hybridized carbons (Fsp3) is 0.833. The lowest BCUT2D eigenvalue weighted by atomic mass is 10.1. The molecule has 0 amide bonds. The lowest BCUT2D eigenvalue weighted by molar-refractivity contribution is 0.00180. The summed E-state index contributed by atoms with van der Waals surface area (Å²) in [6, 6.07) is 0. The van der Waals surface area contributed by atoms with Gasteiger partial charge in [0.2, 0.25) is 0 Å². The first-order valence-electron chi connectivity index (χ1n) is 5.57. The second-order valence-electron chi connectivity index (χ2n) is 3.96. The number of allylic oxidation sites excluding steroid dienone is 1. The number of hydrogen-bond donors (Lipinski definition) is 1. The molecule has 2 nitrogen and oxygen atoms in total. The van der Waals surface area contributed by atoms with Crippen molar-refractivity contribution in [3.63, 3.8) is 0 Å². The molecule has 1 N–H and O–H groups in total. The summed E-state index contributed by atoms with van der Waals surface area (Å²) in [5.41, 5.74) is 0. The summed E-state index contributed by atoms with van der Waals surface area (Å²) in [6.07, 6.45) is 7.23. The number of ether oxygens (including phenoxy) is 1. The summed E-state index contributed by atoms with van der Waals surface area (Å²) < 4.78 is 5.32. The zero-order chi connectivity index (χ0) is 10.8. The predicted molar refractivity (Wildman–Crippen MR) is 60.4 cm³/mol. The summed E-state index contributed by atoms with van der Waals surface area (Å²) >= 11 is 0. The van der Waals surface area contributed by atoms with E-state index in [9.17, 15) is 5.11 Å². The van der Waals surface area contributed by atoms with Crippen LogP contribution in [-0.4, -0.2) is 23.9 Å². The molecule has 0 radical (unpaired) electrons. The summed E-state index contributed by atoms with van der Waals surface area (Å²) in [5, 5.41) is 9.51. The Morgan fingerprint density at radius 1 is 1.29 bits per heavy atom. The van der Waals surface area contributed by atoms with Crippen LogP contribution in [-0.2, 0) is 4.74 Å². The van der Waals surface area contributed by atoms with Crippen molar-refractivity contribution < 1.29 is 9.84 Å². The van der Waals surface area contributed by atoms with Gasteiger partial charge in [-0.3, -0.25) is 0 Å². The summed E-state index contributed by atoms with van der Waals surface area (Å²) in [6.45, 7) is 8.11. The van der Waals surface area contributed by atoms with Crippen LogP contribution >= 0.6 is 0 Å². The molecule has 0 aromatic rings. The Hall–Kier alpha value is -0.340. The minimum atomic E-state index is -0.291. The lowest BCUT2D eigenvalue weighted by Gasteiger charge is -2.12. The highest BCUT2D eigenvalue weighted by molar-refractivity contribution is 4.65. The van der Waals surface area contributed by atoms with Crippen LogP contribution in [0.1, 0.15) is 46.0 Å². The van der Waals surface area contributed by atoms with E-state index in [2.05, 4.69) is 6.58 Å². The summed E-state index contributed by atoms with van der Waals surface area (Å²) in [7, 11) is 0. The third kappa shape index (κ3) is 9.75. The molecule has 0 aliphatic carbocycles. The third-order valence-corrected chi connectivity index (χ3v) is 2.07. The molecule has 84 valence electrons. The molecule has 0 bridgehead atoms. The average Bonchev–Trinajstić information content (AvgIpc) is 2.14. The fourth-order valence-electron chi connectivity index (χ4n) is 1.23. The molecule has 1 unspecified atom stereocenters. The number of aliphatic hydroxyl groups is 1. The van der Waals surface area contributed by atoms with E-state index in [4.69, 9.17) is 4.74 Å². The number of aliphatic hydroxyl groups excluding tert-OH is 1. The maximum absolute atomic E-state index is 9.51. The maximum Gasteiger partial charge on any atom is 0.0773 e. The van der Waals surface area contributed by atoms with Gasteiger partial charge in [-0.2, -0.15) is 0 Å². The van der Waals surface area contributed by atoms with Gasteiger partial charge in [-0.15, -0.1) is 6.58 Å². The average molecular weight is 200 g/mol. The zero-order valence-corrected chi connectivity index (χ0v) is 9.54. The van der Waals surface area contributed by atoms with Crippen molar-refractivity contribution in [1.29, 1.82) is 0 Å². The van der Waals surface area contributed by atoms with E-state index < -0.39 is 0 Å². The van der Waals surface area contributed by atoms with Crippen LogP contribution in [0.5, 0.6) is 0 Å². The van der Waals surface area contributed by atoms with Crippen LogP contribution in [0.15, 0.2) is 12.7 Å². The molecular weight excluding hydrogens is 176 g/mol. The van der Waals surface area contributed by atoms with E-state index in [1.807, 2.05) is 19.9 Å². The smallest absolute Gasteiger partial charge is 0.0773 e. The number of rotatable bonds is 9. The molecular formula is C12H24O2. The van der Waals surface area contributed by atoms with E-state index >= 15 is 0 Å². The van der Waals surface area contributed by atoms with Gasteiger partial charge >= 0.3 is 0 Å². The molecule has 14 heavy (non-hydrogen) atoms. The van der Waals surface area contributed by atoms with Crippen molar-refractivity contribution in [3.8, 4) is 0 Å².